The summed E-state index contributed by atoms with van der Waals surface area (Å²) in [4.78, 5) is 3.82. The van der Waals surface area contributed by atoms with Crippen LogP contribution in [0.15, 0.2) is 35.7 Å². The minimum atomic E-state index is 0.376. The summed E-state index contributed by atoms with van der Waals surface area (Å²) in [5.74, 6) is 0.832. The van der Waals surface area contributed by atoms with Crippen molar-refractivity contribution in [1.29, 1.82) is 0 Å². The van der Waals surface area contributed by atoms with Crippen molar-refractivity contribution in [3.05, 3.63) is 46.2 Å². The van der Waals surface area contributed by atoms with Gasteiger partial charge >= 0.3 is 0 Å². The van der Waals surface area contributed by atoms with Gasteiger partial charge in [-0.05, 0) is 54.2 Å². The molecule has 2 aromatic rings. The number of fused-ring (bicyclic) bond motifs is 1. The first kappa shape index (κ1) is 15.3. The second kappa shape index (κ2) is 6.67. The van der Waals surface area contributed by atoms with E-state index in [1.165, 1.54) is 10.4 Å². The van der Waals surface area contributed by atoms with Crippen molar-refractivity contribution in [2.24, 2.45) is 0 Å². The Kier molecular flexibility index (Phi) is 4.64. The Hall–Kier alpha value is -1.59. The van der Waals surface area contributed by atoms with Gasteiger partial charge in [0.15, 0.2) is 5.11 Å². The van der Waals surface area contributed by atoms with Gasteiger partial charge in [0.2, 0.25) is 0 Å². The molecule has 1 aromatic carbocycles. The van der Waals surface area contributed by atoms with Gasteiger partial charge < -0.3 is 15.0 Å². The smallest absolute Gasteiger partial charge is 0.173 e. The molecular weight excluding hydrogens is 312 g/mol. The fourth-order valence-corrected chi connectivity index (χ4v) is 4.24. The Morgan fingerprint density at radius 1 is 1.45 bits per heavy atom. The van der Waals surface area contributed by atoms with Gasteiger partial charge in [0.1, 0.15) is 5.75 Å². The fraction of sp³-hybridized carbons (Fsp3) is 0.353. The molecule has 116 valence electrons. The summed E-state index contributed by atoms with van der Waals surface area (Å²) in [5, 5.41) is 6.33. The highest BCUT2D eigenvalue weighted by Crippen LogP contribution is 2.35. The van der Waals surface area contributed by atoms with Gasteiger partial charge in [0.25, 0.3) is 0 Å². The van der Waals surface area contributed by atoms with Crippen LogP contribution in [0.2, 0.25) is 0 Å². The van der Waals surface area contributed by atoms with Crippen LogP contribution >= 0.6 is 23.6 Å². The maximum Gasteiger partial charge on any atom is 0.173 e. The molecule has 0 aliphatic carbocycles. The molecule has 22 heavy (non-hydrogen) atoms. The summed E-state index contributed by atoms with van der Waals surface area (Å²) >= 11 is 7.52. The highest BCUT2D eigenvalue weighted by molar-refractivity contribution is 7.80. The third kappa shape index (κ3) is 2.96. The van der Waals surface area contributed by atoms with E-state index in [0.717, 1.165) is 35.9 Å². The van der Waals surface area contributed by atoms with E-state index in [4.69, 9.17) is 17.0 Å². The first-order valence-electron chi connectivity index (χ1n) is 7.51. The zero-order valence-corrected chi connectivity index (χ0v) is 14.5. The maximum atomic E-state index is 5.66. The van der Waals surface area contributed by atoms with E-state index in [0.29, 0.717) is 6.04 Å². The number of methoxy groups -OCH3 is 1. The maximum absolute atomic E-state index is 5.66. The normalized spacial score (nSPS) is 17.0. The molecule has 1 aliphatic rings. The third-order valence-electron chi connectivity index (χ3n) is 4.06. The molecular formula is C17H20N2OS2. The van der Waals surface area contributed by atoms with Crippen LogP contribution in [0.5, 0.6) is 5.75 Å². The van der Waals surface area contributed by atoms with Crippen molar-refractivity contribution in [2.75, 3.05) is 19.0 Å². The quantitative estimate of drug-likeness (QED) is 0.839. The topological polar surface area (TPSA) is 24.5 Å². The van der Waals surface area contributed by atoms with Crippen LogP contribution in [0.3, 0.4) is 0 Å². The van der Waals surface area contributed by atoms with Crippen molar-refractivity contribution < 1.29 is 4.74 Å². The number of hydrogen-bond donors (Lipinski definition) is 1. The fourth-order valence-electron chi connectivity index (χ4n) is 2.98. The lowest BCUT2D eigenvalue weighted by Gasteiger charge is -2.37. The summed E-state index contributed by atoms with van der Waals surface area (Å²) in [7, 11) is 1.67. The van der Waals surface area contributed by atoms with Crippen LogP contribution < -0.4 is 10.1 Å². The van der Waals surface area contributed by atoms with Gasteiger partial charge in [-0.2, -0.15) is 0 Å². The van der Waals surface area contributed by atoms with Gasteiger partial charge in [-0.15, -0.1) is 11.3 Å². The highest BCUT2D eigenvalue weighted by atomic mass is 32.1. The Morgan fingerprint density at radius 3 is 3.09 bits per heavy atom. The number of hydrogen-bond acceptors (Lipinski definition) is 3. The van der Waals surface area contributed by atoms with E-state index in [1.807, 2.05) is 35.6 Å². The molecule has 0 saturated carbocycles. The molecule has 0 amide bonds. The largest absolute Gasteiger partial charge is 0.497 e. The van der Waals surface area contributed by atoms with Crippen molar-refractivity contribution in [1.82, 2.24) is 4.90 Å². The second-order valence-electron chi connectivity index (χ2n) is 5.33. The summed E-state index contributed by atoms with van der Waals surface area (Å²) in [5.41, 5.74) is 2.41. The van der Waals surface area contributed by atoms with Gasteiger partial charge in [0, 0.05) is 23.2 Å². The van der Waals surface area contributed by atoms with Gasteiger partial charge in [0.05, 0.1) is 13.2 Å². The van der Waals surface area contributed by atoms with Crippen LogP contribution in [0, 0.1) is 0 Å². The summed E-state index contributed by atoms with van der Waals surface area (Å²) in [6.45, 7) is 3.19. The molecule has 0 radical (unpaired) electrons. The Morgan fingerprint density at radius 2 is 2.32 bits per heavy atom. The lowest BCUT2D eigenvalue weighted by atomic mass is 9.98. The predicted molar refractivity (Wildman–Crippen MR) is 97.0 cm³/mol. The van der Waals surface area contributed by atoms with Crippen molar-refractivity contribution in [2.45, 2.75) is 25.8 Å². The number of thiocarbonyl (C=S) groups is 1. The van der Waals surface area contributed by atoms with Crippen molar-refractivity contribution >= 4 is 34.4 Å². The average molecular weight is 332 g/mol. The van der Waals surface area contributed by atoms with Crippen LogP contribution in [-0.2, 0) is 6.42 Å². The minimum Gasteiger partial charge on any atom is -0.497 e. The second-order valence-corrected chi connectivity index (χ2v) is 6.72. The summed E-state index contributed by atoms with van der Waals surface area (Å²) in [6.07, 6.45) is 2.13. The Bertz CT molecular complexity index is 668. The molecule has 0 unspecified atom stereocenters. The molecule has 5 heteroatoms. The molecule has 0 fully saturated rings. The molecule has 1 aliphatic heterocycles. The number of ether oxygens (including phenoxy) is 1. The van der Waals surface area contributed by atoms with Crippen LogP contribution in [0.25, 0.3) is 0 Å². The van der Waals surface area contributed by atoms with Gasteiger partial charge in [-0.1, -0.05) is 13.0 Å². The zero-order valence-electron chi connectivity index (χ0n) is 12.8. The average Bonchev–Trinajstić information content (AvgIpc) is 3.02. The van der Waals surface area contributed by atoms with Gasteiger partial charge in [-0.25, -0.2) is 0 Å². The molecule has 3 rings (SSSR count). The standard InChI is InChI=1S/C17H20N2OS2/c1-3-15-14-8-10-22-16(14)7-9-19(15)17(21)18-12-5-4-6-13(11-12)20-2/h4-6,8,10-11,15H,3,7,9H2,1-2H3,(H,18,21)/t15-/m1/s1. The van der Waals surface area contributed by atoms with Crippen LogP contribution in [0.4, 0.5) is 5.69 Å². The number of rotatable bonds is 3. The third-order valence-corrected chi connectivity index (χ3v) is 5.40. The van der Waals surface area contributed by atoms with E-state index in [-0.39, 0.29) is 0 Å². The lowest BCUT2D eigenvalue weighted by molar-refractivity contribution is 0.298. The zero-order chi connectivity index (χ0) is 15.5. The van der Waals surface area contributed by atoms with Crippen LogP contribution in [-0.4, -0.2) is 23.7 Å². The number of thiophene rings is 1. The molecule has 1 aromatic heterocycles. The number of benzene rings is 1. The van der Waals surface area contributed by atoms with Crippen molar-refractivity contribution in [3.63, 3.8) is 0 Å². The molecule has 1 atom stereocenters. The molecule has 0 bridgehead atoms. The molecule has 3 nitrogen and oxygen atoms in total. The highest BCUT2D eigenvalue weighted by Gasteiger charge is 2.28. The number of nitrogens with one attached hydrogen (secondary N) is 1. The van der Waals surface area contributed by atoms with E-state index >= 15 is 0 Å². The van der Waals surface area contributed by atoms with E-state index < -0.39 is 0 Å². The lowest BCUT2D eigenvalue weighted by Crippen LogP contribution is -2.41. The molecule has 1 N–H and O–H groups in total. The molecule has 0 saturated heterocycles. The Balaban J connectivity index is 1.77. The summed E-state index contributed by atoms with van der Waals surface area (Å²) < 4.78 is 5.26. The Labute approximate surface area is 140 Å². The van der Waals surface area contributed by atoms with Gasteiger partial charge in [-0.3, -0.25) is 0 Å². The van der Waals surface area contributed by atoms with Crippen molar-refractivity contribution in [3.8, 4) is 5.75 Å². The first-order chi connectivity index (χ1) is 10.7. The predicted octanol–water partition coefficient (Wildman–Crippen LogP) is 4.46. The van der Waals surface area contributed by atoms with E-state index in [9.17, 15) is 0 Å². The number of nitrogens with zero attached hydrogens (tertiary/aromatic N) is 1. The molecule has 2 heterocycles. The number of anilines is 1. The molecule has 0 spiro atoms. The summed E-state index contributed by atoms with van der Waals surface area (Å²) in [6, 6.07) is 10.5. The minimum absolute atomic E-state index is 0.376. The van der Waals surface area contributed by atoms with Crippen LogP contribution in [0.1, 0.15) is 29.8 Å². The van der Waals surface area contributed by atoms with E-state index in [1.54, 1.807) is 7.11 Å². The SMILES string of the molecule is CC[C@@H]1c2ccsc2CCN1C(=S)Nc1cccc(OC)c1. The van der Waals surface area contributed by atoms with E-state index in [2.05, 4.69) is 28.6 Å². The first-order valence-corrected chi connectivity index (χ1v) is 8.79. The monoisotopic (exact) mass is 332 g/mol.